The quantitative estimate of drug-likeness (QED) is 0.646. The summed E-state index contributed by atoms with van der Waals surface area (Å²) in [4.78, 5) is 12.8. The summed E-state index contributed by atoms with van der Waals surface area (Å²) in [6.45, 7) is 1.53. The second-order valence-electron chi connectivity index (χ2n) is 4.87. The van der Waals surface area contributed by atoms with E-state index in [4.69, 9.17) is 34.0 Å². The van der Waals surface area contributed by atoms with Crippen LogP contribution >= 0.6 is 23.2 Å². The normalized spacial score (nSPS) is 12.1. The highest BCUT2D eigenvalue weighted by Crippen LogP contribution is 2.17. The van der Waals surface area contributed by atoms with Crippen LogP contribution in [-0.4, -0.2) is 42.0 Å². The predicted molar refractivity (Wildman–Crippen MR) is 88.6 cm³/mol. The van der Waals surface area contributed by atoms with Crippen LogP contribution in [0.15, 0.2) is 24.3 Å². The summed E-state index contributed by atoms with van der Waals surface area (Å²) in [5, 5.41) is 8.73. The summed E-state index contributed by atoms with van der Waals surface area (Å²) in [5.74, 6) is 0.181. The third-order valence-corrected chi connectivity index (χ3v) is 3.65. The number of alkyl halides is 2. The number of carboxylic acids is 1. The molecule has 0 aromatic heterocycles. The summed E-state index contributed by atoms with van der Waals surface area (Å²) in [6, 6.07) is 7.43. The van der Waals surface area contributed by atoms with Crippen molar-refractivity contribution in [3.8, 4) is 0 Å². The molecule has 0 amide bonds. The molecule has 0 aliphatic carbocycles. The van der Waals surface area contributed by atoms with Crippen molar-refractivity contribution < 1.29 is 9.90 Å². The van der Waals surface area contributed by atoms with Crippen molar-refractivity contribution in [1.82, 2.24) is 0 Å². The SMILES string of the molecule is N[C@H](CCCc1ccc(N(CCCl)CCCl)cc1)C(=O)O. The fourth-order valence-corrected chi connectivity index (χ4v) is 2.51. The molecule has 3 N–H and O–H groups in total. The number of aliphatic carboxylic acids is 1. The zero-order valence-corrected chi connectivity index (χ0v) is 13.5. The van der Waals surface area contributed by atoms with Crippen LogP contribution in [0.25, 0.3) is 0 Å². The molecule has 1 aromatic carbocycles. The number of hydrogen-bond donors (Lipinski definition) is 2. The van der Waals surface area contributed by atoms with E-state index in [1.165, 1.54) is 5.56 Å². The molecule has 1 aromatic rings. The van der Waals surface area contributed by atoms with Crippen LogP contribution in [0.4, 0.5) is 5.69 Å². The minimum Gasteiger partial charge on any atom is -0.480 e. The van der Waals surface area contributed by atoms with Gasteiger partial charge in [-0.3, -0.25) is 4.79 Å². The van der Waals surface area contributed by atoms with Crippen molar-refractivity contribution >= 4 is 34.9 Å². The van der Waals surface area contributed by atoms with Gasteiger partial charge in [0.15, 0.2) is 0 Å². The van der Waals surface area contributed by atoms with Crippen molar-refractivity contribution in [3.63, 3.8) is 0 Å². The molecule has 1 rings (SSSR count). The highest BCUT2D eigenvalue weighted by atomic mass is 35.5. The number of benzene rings is 1. The second-order valence-corrected chi connectivity index (χ2v) is 5.62. The van der Waals surface area contributed by atoms with E-state index in [0.29, 0.717) is 18.2 Å². The van der Waals surface area contributed by atoms with Crippen LogP contribution in [0, 0.1) is 0 Å². The van der Waals surface area contributed by atoms with Gasteiger partial charge in [0.2, 0.25) is 0 Å². The van der Waals surface area contributed by atoms with Crippen LogP contribution < -0.4 is 10.6 Å². The average Bonchev–Trinajstić information content (AvgIpc) is 2.47. The highest BCUT2D eigenvalue weighted by Gasteiger charge is 2.10. The molecular weight excluding hydrogens is 311 g/mol. The Kier molecular flexibility index (Phi) is 8.50. The van der Waals surface area contributed by atoms with Crippen molar-refractivity contribution in [2.24, 2.45) is 5.73 Å². The first-order valence-electron chi connectivity index (χ1n) is 7.02. The van der Waals surface area contributed by atoms with E-state index in [0.717, 1.165) is 31.6 Å². The zero-order valence-electron chi connectivity index (χ0n) is 12.0. The van der Waals surface area contributed by atoms with Gasteiger partial charge in [-0.2, -0.15) is 0 Å². The van der Waals surface area contributed by atoms with Crippen molar-refractivity contribution in [2.45, 2.75) is 25.3 Å². The molecule has 0 heterocycles. The Bertz CT molecular complexity index is 420. The van der Waals surface area contributed by atoms with Crippen LogP contribution in [-0.2, 0) is 11.2 Å². The Balaban J connectivity index is 2.51. The van der Waals surface area contributed by atoms with Gasteiger partial charge in [-0.1, -0.05) is 12.1 Å². The third kappa shape index (κ3) is 6.55. The smallest absolute Gasteiger partial charge is 0.320 e. The number of nitrogens with zero attached hydrogens (tertiary/aromatic N) is 1. The summed E-state index contributed by atoms with van der Waals surface area (Å²) >= 11 is 11.6. The molecule has 6 heteroatoms. The van der Waals surface area contributed by atoms with Gasteiger partial charge in [0, 0.05) is 30.5 Å². The number of hydrogen-bond acceptors (Lipinski definition) is 3. The standard InChI is InChI=1S/C15H22Cl2N2O2/c16-8-10-19(11-9-17)13-6-4-12(5-7-13)2-1-3-14(18)15(20)21/h4-7,14H,1-3,8-11,18H2,(H,20,21)/t14-/m1/s1. The first kappa shape index (κ1) is 18.1. The van der Waals surface area contributed by atoms with Gasteiger partial charge in [0.05, 0.1) is 0 Å². The molecule has 21 heavy (non-hydrogen) atoms. The maximum atomic E-state index is 10.6. The molecule has 0 fully saturated rings. The minimum atomic E-state index is -0.942. The predicted octanol–water partition coefficient (Wildman–Crippen LogP) is 2.71. The molecule has 0 radical (unpaired) electrons. The number of carboxylic acid groups (broad SMARTS) is 1. The molecule has 0 saturated heterocycles. The first-order valence-corrected chi connectivity index (χ1v) is 8.09. The zero-order chi connectivity index (χ0) is 15.7. The molecule has 0 unspecified atom stereocenters. The molecule has 0 spiro atoms. The highest BCUT2D eigenvalue weighted by molar-refractivity contribution is 6.18. The van der Waals surface area contributed by atoms with Gasteiger partial charge in [0.1, 0.15) is 6.04 Å². The Labute approximate surface area is 135 Å². The fraction of sp³-hybridized carbons (Fsp3) is 0.533. The Morgan fingerprint density at radius 1 is 1.19 bits per heavy atom. The van der Waals surface area contributed by atoms with Gasteiger partial charge in [0.25, 0.3) is 0 Å². The maximum Gasteiger partial charge on any atom is 0.320 e. The molecule has 4 nitrogen and oxygen atoms in total. The summed E-state index contributed by atoms with van der Waals surface area (Å²) in [6.07, 6.45) is 2.08. The van der Waals surface area contributed by atoms with Gasteiger partial charge < -0.3 is 15.7 Å². The summed E-state index contributed by atoms with van der Waals surface area (Å²) < 4.78 is 0. The number of aryl methyl sites for hydroxylation is 1. The van der Waals surface area contributed by atoms with Crippen LogP contribution in [0.5, 0.6) is 0 Å². The van der Waals surface area contributed by atoms with Crippen LogP contribution in [0.1, 0.15) is 18.4 Å². The molecule has 118 valence electrons. The van der Waals surface area contributed by atoms with E-state index in [2.05, 4.69) is 17.0 Å². The summed E-state index contributed by atoms with van der Waals surface area (Å²) in [5.41, 5.74) is 7.75. The molecule has 0 bridgehead atoms. The Morgan fingerprint density at radius 3 is 2.24 bits per heavy atom. The van der Waals surface area contributed by atoms with E-state index in [1.54, 1.807) is 0 Å². The van der Waals surface area contributed by atoms with E-state index >= 15 is 0 Å². The van der Waals surface area contributed by atoms with Gasteiger partial charge >= 0.3 is 5.97 Å². The number of rotatable bonds is 10. The Hall–Kier alpha value is -0.970. The number of carbonyl (C=O) groups is 1. The van der Waals surface area contributed by atoms with Gasteiger partial charge in [-0.15, -0.1) is 23.2 Å². The second kappa shape index (κ2) is 9.87. The lowest BCUT2D eigenvalue weighted by Crippen LogP contribution is -2.29. The molecule has 0 aliphatic heterocycles. The number of halogens is 2. The van der Waals surface area contributed by atoms with Gasteiger partial charge in [-0.05, 0) is 37.0 Å². The van der Waals surface area contributed by atoms with Crippen LogP contribution in [0.3, 0.4) is 0 Å². The van der Waals surface area contributed by atoms with Crippen molar-refractivity contribution in [2.75, 3.05) is 29.7 Å². The monoisotopic (exact) mass is 332 g/mol. The molecule has 0 aliphatic rings. The molecule has 1 atom stereocenters. The lowest BCUT2D eigenvalue weighted by atomic mass is 10.0. The van der Waals surface area contributed by atoms with Gasteiger partial charge in [-0.25, -0.2) is 0 Å². The first-order chi connectivity index (χ1) is 10.1. The largest absolute Gasteiger partial charge is 0.480 e. The lowest BCUT2D eigenvalue weighted by Gasteiger charge is -2.23. The van der Waals surface area contributed by atoms with E-state index in [-0.39, 0.29) is 0 Å². The van der Waals surface area contributed by atoms with Crippen LogP contribution in [0.2, 0.25) is 0 Å². The number of anilines is 1. The van der Waals surface area contributed by atoms with Crippen molar-refractivity contribution in [1.29, 1.82) is 0 Å². The lowest BCUT2D eigenvalue weighted by molar-refractivity contribution is -0.138. The average molecular weight is 333 g/mol. The number of nitrogens with two attached hydrogens (primary N) is 1. The molecular formula is C15H22Cl2N2O2. The van der Waals surface area contributed by atoms with Crippen molar-refractivity contribution in [3.05, 3.63) is 29.8 Å². The fourth-order valence-electron chi connectivity index (χ4n) is 2.10. The molecule has 0 saturated carbocycles. The third-order valence-electron chi connectivity index (χ3n) is 3.31. The van der Waals surface area contributed by atoms with E-state index in [9.17, 15) is 4.79 Å². The Morgan fingerprint density at radius 2 is 1.76 bits per heavy atom. The summed E-state index contributed by atoms with van der Waals surface area (Å²) in [7, 11) is 0. The topological polar surface area (TPSA) is 66.6 Å². The van der Waals surface area contributed by atoms with E-state index in [1.807, 2.05) is 12.1 Å². The maximum absolute atomic E-state index is 10.6. The minimum absolute atomic E-state index is 0.488. The van der Waals surface area contributed by atoms with E-state index < -0.39 is 12.0 Å².